The van der Waals surface area contributed by atoms with Gasteiger partial charge in [0, 0.05) is 6.07 Å². The summed E-state index contributed by atoms with van der Waals surface area (Å²) >= 11 is 0. The van der Waals surface area contributed by atoms with E-state index >= 15 is 0 Å². The fourth-order valence-corrected chi connectivity index (χ4v) is 2.01. The molecule has 0 spiro atoms. The van der Waals surface area contributed by atoms with Crippen LogP contribution < -0.4 is 5.32 Å². The summed E-state index contributed by atoms with van der Waals surface area (Å²) < 4.78 is 4.74. The highest BCUT2D eigenvalue weighted by Crippen LogP contribution is 2.17. The maximum atomic E-state index is 12.3. The van der Waals surface area contributed by atoms with Crippen LogP contribution in [0.2, 0.25) is 0 Å². The van der Waals surface area contributed by atoms with Crippen LogP contribution in [0.5, 0.6) is 0 Å². The maximum absolute atomic E-state index is 12.3. The van der Waals surface area contributed by atoms with Gasteiger partial charge in [-0.3, -0.25) is 9.59 Å². The van der Waals surface area contributed by atoms with Crippen molar-refractivity contribution in [2.75, 3.05) is 0 Å². The lowest BCUT2D eigenvalue weighted by Crippen LogP contribution is -2.63. The van der Waals surface area contributed by atoms with E-state index in [2.05, 4.69) is 10.5 Å². The standard InChI is InChI=1S/C12H17N3O3/c1-7(2)10-12(17)15(8(3)11(16)13-10)6-9-4-5-18-14-9/h4-5,7-8,10H,6H2,1-3H3,(H,13,16). The van der Waals surface area contributed by atoms with Gasteiger partial charge in [0.25, 0.3) is 0 Å². The second kappa shape index (κ2) is 4.80. The predicted molar refractivity (Wildman–Crippen MR) is 63.3 cm³/mol. The Morgan fingerprint density at radius 1 is 1.50 bits per heavy atom. The van der Waals surface area contributed by atoms with Gasteiger partial charge in [0.2, 0.25) is 11.8 Å². The molecule has 0 bridgehead atoms. The van der Waals surface area contributed by atoms with Crippen LogP contribution in [0.3, 0.4) is 0 Å². The van der Waals surface area contributed by atoms with E-state index in [9.17, 15) is 9.59 Å². The van der Waals surface area contributed by atoms with Crippen LogP contribution in [0.25, 0.3) is 0 Å². The van der Waals surface area contributed by atoms with Crippen molar-refractivity contribution in [2.24, 2.45) is 5.92 Å². The number of nitrogens with one attached hydrogen (secondary N) is 1. The molecule has 1 aromatic heterocycles. The highest BCUT2D eigenvalue weighted by atomic mass is 16.5. The van der Waals surface area contributed by atoms with Crippen molar-refractivity contribution in [3.05, 3.63) is 18.0 Å². The minimum Gasteiger partial charge on any atom is -0.364 e. The normalized spacial score (nSPS) is 24.6. The van der Waals surface area contributed by atoms with Gasteiger partial charge < -0.3 is 14.7 Å². The maximum Gasteiger partial charge on any atom is 0.246 e. The molecule has 1 saturated heterocycles. The summed E-state index contributed by atoms with van der Waals surface area (Å²) in [6.45, 7) is 5.83. The number of rotatable bonds is 3. The Bertz CT molecular complexity index is 441. The van der Waals surface area contributed by atoms with E-state index < -0.39 is 12.1 Å². The van der Waals surface area contributed by atoms with Crippen molar-refractivity contribution in [1.29, 1.82) is 0 Å². The number of carbonyl (C=O) groups is 2. The van der Waals surface area contributed by atoms with Crippen molar-refractivity contribution in [2.45, 2.75) is 39.4 Å². The minimum absolute atomic E-state index is 0.0637. The molecule has 1 aliphatic rings. The zero-order chi connectivity index (χ0) is 13.3. The number of carbonyl (C=O) groups excluding carboxylic acids is 2. The summed E-state index contributed by atoms with van der Waals surface area (Å²) in [7, 11) is 0. The third kappa shape index (κ3) is 2.23. The van der Waals surface area contributed by atoms with E-state index in [0.29, 0.717) is 12.2 Å². The molecule has 6 heteroatoms. The second-order valence-electron chi connectivity index (χ2n) is 4.86. The summed E-state index contributed by atoms with van der Waals surface area (Å²) in [5, 5.41) is 6.52. The smallest absolute Gasteiger partial charge is 0.246 e. The molecule has 98 valence electrons. The summed E-state index contributed by atoms with van der Waals surface area (Å²) in [6.07, 6.45) is 1.45. The molecular weight excluding hydrogens is 234 g/mol. The van der Waals surface area contributed by atoms with Crippen LogP contribution in [0.15, 0.2) is 16.9 Å². The van der Waals surface area contributed by atoms with Crippen molar-refractivity contribution >= 4 is 11.8 Å². The Morgan fingerprint density at radius 3 is 2.78 bits per heavy atom. The number of hydrogen-bond acceptors (Lipinski definition) is 4. The Hall–Kier alpha value is -1.85. The van der Waals surface area contributed by atoms with E-state index in [1.807, 2.05) is 13.8 Å². The first-order valence-electron chi connectivity index (χ1n) is 6.01. The Morgan fingerprint density at radius 2 is 2.22 bits per heavy atom. The average Bonchev–Trinajstić information content (AvgIpc) is 2.81. The molecule has 0 aliphatic carbocycles. The summed E-state index contributed by atoms with van der Waals surface area (Å²) in [5.74, 6) is -0.134. The molecule has 1 N–H and O–H groups in total. The zero-order valence-electron chi connectivity index (χ0n) is 10.7. The predicted octanol–water partition coefficient (Wildman–Crippen LogP) is 0.546. The van der Waals surface area contributed by atoms with Crippen LogP contribution in [-0.2, 0) is 16.1 Å². The monoisotopic (exact) mass is 251 g/mol. The Balaban J connectivity index is 2.19. The van der Waals surface area contributed by atoms with Gasteiger partial charge in [0.05, 0.1) is 6.54 Å². The fourth-order valence-electron chi connectivity index (χ4n) is 2.01. The van der Waals surface area contributed by atoms with Crippen LogP contribution in [0.4, 0.5) is 0 Å². The lowest BCUT2D eigenvalue weighted by molar-refractivity contribution is -0.150. The van der Waals surface area contributed by atoms with Crippen molar-refractivity contribution in [3.63, 3.8) is 0 Å². The fraction of sp³-hybridized carbons (Fsp3) is 0.583. The van der Waals surface area contributed by atoms with E-state index in [-0.39, 0.29) is 17.7 Å². The van der Waals surface area contributed by atoms with Crippen LogP contribution in [0.1, 0.15) is 26.5 Å². The minimum atomic E-state index is -0.482. The molecule has 0 radical (unpaired) electrons. The molecule has 2 unspecified atom stereocenters. The van der Waals surface area contributed by atoms with Crippen LogP contribution >= 0.6 is 0 Å². The largest absolute Gasteiger partial charge is 0.364 e. The van der Waals surface area contributed by atoms with Gasteiger partial charge >= 0.3 is 0 Å². The van der Waals surface area contributed by atoms with E-state index in [0.717, 1.165) is 0 Å². The third-order valence-electron chi connectivity index (χ3n) is 3.18. The Labute approximate surface area is 105 Å². The molecule has 2 amide bonds. The molecule has 0 saturated carbocycles. The summed E-state index contributed by atoms with van der Waals surface area (Å²) in [5.41, 5.74) is 0.646. The number of nitrogens with zero attached hydrogens (tertiary/aromatic N) is 2. The Kier molecular flexibility index (Phi) is 3.36. The molecular formula is C12H17N3O3. The molecule has 1 aromatic rings. The van der Waals surface area contributed by atoms with Gasteiger partial charge in [0.1, 0.15) is 24.0 Å². The van der Waals surface area contributed by atoms with Gasteiger partial charge in [-0.2, -0.15) is 0 Å². The van der Waals surface area contributed by atoms with Gasteiger partial charge in [0.15, 0.2) is 0 Å². The molecule has 2 rings (SSSR count). The molecule has 6 nitrogen and oxygen atoms in total. The lowest BCUT2D eigenvalue weighted by atomic mass is 9.98. The molecule has 0 aromatic carbocycles. The highest BCUT2D eigenvalue weighted by molar-refractivity contribution is 5.96. The lowest BCUT2D eigenvalue weighted by Gasteiger charge is -2.38. The topological polar surface area (TPSA) is 75.4 Å². The highest BCUT2D eigenvalue weighted by Gasteiger charge is 2.39. The molecule has 18 heavy (non-hydrogen) atoms. The third-order valence-corrected chi connectivity index (χ3v) is 3.18. The van der Waals surface area contributed by atoms with Crippen molar-refractivity contribution in [1.82, 2.24) is 15.4 Å². The zero-order valence-corrected chi connectivity index (χ0v) is 10.7. The van der Waals surface area contributed by atoms with Gasteiger partial charge in [-0.05, 0) is 12.8 Å². The summed E-state index contributed by atoms with van der Waals surface area (Å²) in [4.78, 5) is 25.7. The van der Waals surface area contributed by atoms with Gasteiger partial charge in [-0.15, -0.1) is 0 Å². The first kappa shape index (κ1) is 12.6. The quantitative estimate of drug-likeness (QED) is 0.851. The SMILES string of the molecule is CC(C)C1NC(=O)C(C)N(Cc2ccon2)C1=O. The van der Waals surface area contributed by atoms with Crippen molar-refractivity contribution in [3.8, 4) is 0 Å². The van der Waals surface area contributed by atoms with Crippen LogP contribution in [0, 0.1) is 5.92 Å². The number of hydrogen-bond donors (Lipinski definition) is 1. The van der Waals surface area contributed by atoms with E-state index in [1.54, 1.807) is 17.9 Å². The number of aromatic nitrogens is 1. The molecule has 1 fully saturated rings. The van der Waals surface area contributed by atoms with Gasteiger partial charge in [-0.1, -0.05) is 19.0 Å². The van der Waals surface area contributed by atoms with E-state index in [4.69, 9.17) is 4.52 Å². The van der Waals surface area contributed by atoms with Gasteiger partial charge in [-0.25, -0.2) is 0 Å². The second-order valence-corrected chi connectivity index (χ2v) is 4.86. The first-order valence-corrected chi connectivity index (χ1v) is 6.01. The molecule has 2 atom stereocenters. The molecule has 1 aliphatic heterocycles. The average molecular weight is 251 g/mol. The first-order chi connectivity index (χ1) is 8.50. The van der Waals surface area contributed by atoms with Crippen LogP contribution in [-0.4, -0.2) is 34.0 Å². The van der Waals surface area contributed by atoms with Crippen molar-refractivity contribution < 1.29 is 14.1 Å². The number of amides is 2. The summed E-state index contributed by atoms with van der Waals surface area (Å²) in [6, 6.07) is 0.751. The molecule has 2 heterocycles. The van der Waals surface area contributed by atoms with E-state index in [1.165, 1.54) is 6.26 Å². The number of piperazine rings is 1.